The maximum atomic E-state index is 12.5. The van der Waals surface area contributed by atoms with Crippen LogP contribution in [-0.4, -0.2) is 47.4 Å². The van der Waals surface area contributed by atoms with Crippen molar-refractivity contribution in [2.75, 3.05) is 13.2 Å². The molecule has 0 aromatic rings. The molecule has 0 aliphatic rings. The van der Waals surface area contributed by atoms with Gasteiger partial charge in [-0.2, -0.15) is 0 Å². The Hall–Kier alpha value is -1.66. The second kappa shape index (κ2) is 59.9. The molecular formula is C64H123NO5. The predicted octanol–water partition coefficient (Wildman–Crippen LogP) is 19.8. The van der Waals surface area contributed by atoms with Gasteiger partial charge in [-0.15, -0.1) is 0 Å². The summed E-state index contributed by atoms with van der Waals surface area (Å²) in [6, 6.07) is -0.543. The summed E-state index contributed by atoms with van der Waals surface area (Å²) in [5.41, 5.74) is 0. The average Bonchev–Trinajstić information content (AvgIpc) is 3.36. The minimum absolute atomic E-state index is 0.00954. The van der Waals surface area contributed by atoms with Crippen molar-refractivity contribution < 1.29 is 24.5 Å². The molecule has 1 amide bonds. The molecule has 2 atom stereocenters. The highest BCUT2D eigenvalue weighted by atomic mass is 16.5. The summed E-state index contributed by atoms with van der Waals surface area (Å²) in [5, 5.41) is 23.2. The van der Waals surface area contributed by atoms with Crippen molar-refractivity contribution in [1.82, 2.24) is 5.32 Å². The summed E-state index contributed by atoms with van der Waals surface area (Å²) in [5.74, 6) is -0.0294. The second-order valence-corrected chi connectivity index (χ2v) is 21.7. The molecule has 3 N–H and O–H groups in total. The first-order chi connectivity index (χ1) is 34.5. The van der Waals surface area contributed by atoms with E-state index < -0.39 is 12.1 Å². The van der Waals surface area contributed by atoms with Crippen LogP contribution < -0.4 is 5.32 Å². The van der Waals surface area contributed by atoms with Gasteiger partial charge in [0.1, 0.15) is 0 Å². The lowest BCUT2D eigenvalue weighted by molar-refractivity contribution is -0.143. The Kier molecular flexibility index (Phi) is 58.5. The fraction of sp³-hybridized carbons (Fsp3) is 0.906. The van der Waals surface area contributed by atoms with Crippen molar-refractivity contribution in [3.63, 3.8) is 0 Å². The van der Waals surface area contributed by atoms with Gasteiger partial charge in [0.25, 0.3) is 0 Å². The SMILES string of the molecule is CCCCCCCC/C=C\CCCCCCCCCC(=O)OCCCCCCCCCCCCCC/C=C\CCCCCCCCCCC(=O)NC(CO)C(O)CCCCCCCCCCCCCC. The molecule has 0 bridgehead atoms. The van der Waals surface area contributed by atoms with E-state index in [-0.39, 0.29) is 18.5 Å². The highest BCUT2D eigenvalue weighted by molar-refractivity contribution is 5.76. The van der Waals surface area contributed by atoms with Crippen molar-refractivity contribution in [1.29, 1.82) is 0 Å². The van der Waals surface area contributed by atoms with Crippen LogP contribution in [0.2, 0.25) is 0 Å². The van der Waals surface area contributed by atoms with Gasteiger partial charge in [-0.05, 0) is 77.0 Å². The zero-order valence-corrected chi connectivity index (χ0v) is 47.3. The number of esters is 1. The minimum Gasteiger partial charge on any atom is -0.466 e. The number of ether oxygens (including phenoxy) is 1. The number of aliphatic hydroxyl groups excluding tert-OH is 2. The molecule has 6 heteroatoms. The molecule has 70 heavy (non-hydrogen) atoms. The number of allylic oxidation sites excluding steroid dienone is 4. The van der Waals surface area contributed by atoms with Crippen LogP contribution in [0.5, 0.6) is 0 Å². The molecule has 0 rings (SSSR count). The first-order valence-electron chi connectivity index (χ1n) is 31.6. The summed E-state index contributed by atoms with van der Waals surface area (Å²) in [4.78, 5) is 24.5. The molecule has 0 aliphatic carbocycles. The largest absolute Gasteiger partial charge is 0.466 e. The lowest BCUT2D eigenvalue weighted by atomic mass is 10.0. The van der Waals surface area contributed by atoms with E-state index in [9.17, 15) is 19.8 Å². The highest BCUT2D eigenvalue weighted by Gasteiger charge is 2.20. The molecule has 0 fully saturated rings. The molecule has 0 spiro atoms. The molecule has 0 saturated carbocycles. The maximum Gasteiger partial charge on any atom is 0.305 e. The van der Waals surface area contributed by atoms with Crippen molar-refractivity contribution in [2.45, 2.75) is 360 Å². The Balaban J connectivity index is 3.38. The molecule has 0 aromatic carbocycles. The first-order valence-corrected chi connectivity index (χ1v) is 31.6. The van der Waals surface area contributed by atoms with E-state index in [0.29, 0.717) is 25.9 Å². The number of hydrogen-bond acceptors (Lipinski definition) is 5. The van der Waals surface area contributed by atoms with Gasteiger partial charge in [0.15, 0.2) is 0 Å². The van der Waals surface area contributed by atoms with E-state index in [0.717, 1.165) is 44.9 Å². The third-order valence-corrected chi connectivity index (χ3v) is 14.7. The third kappa shape index (κ3) is 55.7. The van der Waals surface area contributed by atoms with Gasteiger partial charge in [0.2, 0.25) is 5.91 Å². The summed E-state index contributed by atoms with van der Waals surface area (Å²) >= 11 is 0. The summed E-state index contributed by atoms with van der Waals surface area (Å²) in [6.45, 7) is 4.96. The summed E-state index contributed by atoms with van der Waals surface area (Å²) in [6.07, 6.45) is 73.4. The molecule has 0 radical (unpaired) electrons. The lowest BCUT2D eigenvalue weighted by Crippen LogP contribution is -2.45. The minimum atomic E-state index is -0.666. The van der Waals surface area contributed by atoms with Gasteiger partial charge in [-0.3, -0.25) is 9.59 Å². The first kappa shape index (κ1) is 68.3. The topological polar surface area (TPSA) is 95.9 Å². The molecule has 0 saturated heterocycles. The summed E-state index contributed by atoms with van der Waals surface area (Å²) < 4.78 is 5.49. The average molecular weight is 987 g/mol. The van der Waals surface area contributed by atoms with E-state index in [1.807, 2.05) is 0 Å². The number of carbonyl (C=O) groups excluding carboxylic acids is 2. The number of unbranched alkanes of at least 4 members (excludes halogenated alkanes) is 44. The van der Waals surface area contributed by atoms with Gasteiger partial charge in [0.05, 0.1) is 25.4 Å². The standard InChI is InChI=1S/C64H123NO5/c1-3-5-7-9-11-13-15-17-18-27-31-34-38-42-46-50-54-58-64(69)70-59-55-51-47-43-39-35-32-29-26-24-22-20-19-21-23-25-28-30-33-37-41-45-49-53-57-63(68)65-61(60-66)62(67)56-52-48-44-40-36-16-14-12-10-8-6-4-2/h17-18,21,23,61-62,66-67H,3-16,19-20,22,24-60H2,1-2H3,(H,65,68)/b18-17-,23-21-. The molecular weight excluding hydrogens is 863 g/mol. The van der Waals surface area contributed by atoms with Gasteiger partial charge in [0, 0.05) is 12.8 Å². The number of nitrogens with one attached hydrogen (secondary N) is 1. The van der Waals surface area contributed by atoms with Gasteiger partial charge < -0.3 is 20.3 Å². The molecule has 414 valence electrons. The van der Waals surface area contributed by atoms with Crippen LogP contribution in [0.3, 0.4) is 0 Å². The predicted molar refractivity (Wildman–Crippen MR) is 306 cm³/mol. The van der Waals surface area contributed by atoms with Crippen LogP contribution in [0, 0.1) is 0 Å². The Morgan fingerprint density at radius 3 is 1.01 bits per heavy atom. The third-order valence-electron chi connectivity index (χ3n) is 14.7. The van der Waals surface area contributed by atoms with Crippen molar-refractivity contribution >= 4 is 11.9 Å². The Labute approximate surface area is 437 Å². The van der Waals surface area contributed by atoms with E-state index in [1.54, 1.807) is 0 Å². The van der Waals surface area contributed by atoms with E-state index in [2.05, 4.69) is 43.5 Å². The van der Waals surface area contributed by atoms with E-state index in [1.165, 1.54) is 270 Å². The van der Waals surface area contributed by atoms with Crippen LogP contribution in [0.25, 0.3) is 0 Å². The molecule has 2 unspecified atom stereocenters. The van der Waals surface area contributed by atoms with Gasteiger partial charge >= 0.3 is 5.97 Å². The molecule has 0 aliphatic heterocycles. The van der Waals surface area contributed by atoms with E-state index in [4.69, 9.17) is 4.74 Å². The Morgan fingerprint density at radius 2 is 0.671 bits per heavy atom. The smallest absolute Gasteiger partial charge is 0.305 e. The van der Waals surface area contributed by atoms with Crippen LogP contribution in [0.4, 0.5) is 0 Å². The number of amides is 1. The van der Waals surface area contributed by atoms with Crippen LogP contribution in [0.15, 0.2) is 24.3 Å². The van der Waals surface area contributed by atoms with Gasteiger partial charge in [-0.1, -0.05) is 282 Å². The maximum absolute atomic E-state index is 12.5. The van der Waals surface area contributed by atoms with Crippen molar-refractivity contribution in [3.8, 4) is 0 Å². The zero-order valence-electron chi connectivity index (χ0n) is 47.3. The lowest BCUT2D eigenvalue weighted by Gasteiger charge is -2.22. The number of aliphatic hydroxyl groups is 2. The van der Waals surface area contributed by atoms with E-state index >= 15 is 0 Å². The van der Waals surface area contributed by atoms with Gasteiger partial charge in [-0.25, -0.2) is 0 Å². The molecule has 6 nitrogen and oxygen atoms in total. The highest BCUT2D eigenvalue weighted by Crippen LogP contribution is 2.17. The normalized spacial score (nSPS) is 12.7. The zero-order chi connectivity index (χ0) is 50.7. The van der Waals surface area contributed by atoms with Crippen LogP contribution in [-0.2, 0) is 14.3 Å². The number of hydrogen-bond donors (Lipinski definition) is 3. The Bertz CT molecular complexity index is 1090. The second-order valence-electron chi connectivity index (χ2n) is 21.7. The molecule has 0 aromatic heterocycles. The fourth-order valence-corrected chi connectivity index (χ4v) is 9.87. The summed E-state index contributed by atoms with van der Waals surface area (Å²) in [7, 11) is 0. The Morgan fingerprint density at radius 1 is 0.386 bits per heavy atom. The number of rotatable bonds is 59. The monoisotopic (exact) mass is 986 g/mol. The fourth-order valence-electron chi connectivity index (χ4n) is 9.87. The quantitative estimate of drug-likeness (QED) is 0.0321. The van der Waals surface area contributed by atoms with Crippen molar-refractivity contribution in [2.24, 2.45) is 0 Å². The molecule has 0 heterocycles. The van der Waals surface area contributed by atoms with Crippen LogP contribution >= 0.6 is 0 Å². The van der Waals surface area contributed by atoms with Crippen molar-refractivity contribution in [3.05, 3.63) is 24.3 Å². The van der Waals surface area contributed by atoms with Crippen LogP contribution in [0.1, 0.15) is 348 Å². The number of carbonyl (C=O) groups is 2.